The molecule has 8 heteroatoms. The van der Waals surface area contributed by atoms with Crippen molar-refractivity contribution in [3.63, 3.8) is 0 Å². The van der Waals surface area contributed by atoms with Gasteiger partial charge in [-0.2, -0.15) is 0 Å². The molecule has 1 unspecified atom stereocenters. The third-order valence-corrected chi connectivity index (χ3v) is 7.57. The van der Waals surface area contributed by atoms with E-state index in [9.17, 15) is 9.59 Å². The number of nitrogens with one attached hydrogen (secondary N) is 1. The molecule has 36 heavy (non-hydrogen) atoms. The van der Waals surface area contributed by atoms with Crippen molar-refractivity contribution in [2.75, 3.05) is 5.75 Å². The second-order valence-corrected chi connectivity index (χ2v) is 11.5. The van der Waals surface area contributed by atoms with Crippen LogP contribution in [0, 0.1) is 0 Å². The Hall–Kier alpha value is -1.99. The van der Waals surface area contributed by atoms with Crippen LogP contribution in [0.2, 0.25) is 10.0 Å². The fraction of sp³-hybridized carbons (Fsp3) is 0.286. The molecule has 0 aromatic heterocycles. The molecule has 3 aromatic carbocycles. The third kappa shape index (κ3) is 8.84. The van der Waals surface area contributed by atoms with E-state index in [1.165, 1.54) is 11.8 Å². The molecule has 190 valence electrons. The van der Waals surface area contributed by atoms with Gasteiger partial charge in [0, 0.05) is 39.3 Å². The van der Waals surface area contributed by atoms with Gasteiger partial charge in [0.15, 0.2) is 0 Å². The molecule has 1 N–H and O–H groups in total. The van der Waals surface area contributed by atoms with Crippen LogP contribution in [0.5, 0.6) is 0 Å². The van der Waals surface area contributed by atoms with Gasteiger partial charge in [-0.25, -0.2) is 0 Å². The molecule has 0 saturated heterocycles. The summed E-state index contributed by atoms with van der Waals surface area (Å²) in [6.07, 6.45) is 0.397. The number of hydrogen-bond acceptors (Lipinski definition) is 3. The van der Waals surface area contributed by atoms with Gasteiger partial charge in [0.2, 0.25) is 11.8 Å². The van der Waals surface area contributed by atoms with E-state index < -0.39 is 6.04 Å². The van der Waals surface area contributed by atoms with Crippen LogP contribution in [-0.2, 0) is 28.3 Å². The molecule has 0 fully saturated rings. The predicted molar refractivity (Wildman–Crippen MR) is 155 cm³/mol. The number of hydrogen-bond donors (Lipinski definition) is 1. The van der Waals surface area contributed by atoms with Crippen molar-refractivity contribution in [2.45, 2.75) is 44.6 Å². The summed E-state index contributed by atoms with van der Waals surface area (Å²) in [5, 5.41) is 3.98. The van der Waals surface area contributed by atoms with Crippen molar-refractivity contribution in [3.8, 4) is 0 Å². The lowest BCUT2D eigenvalue weighted by atomic mass is 10.0. The number of nitrogens with zero attached hydrogens (tertiary/aromatic N) is 1. The summed E-state index contributed by atoms with van der Waals surface area (Å²) in [4.78, 5) is 28.7. The zero-order valence-corrected chi connectivity index (χ0v) is 24.1. The zero-order chi connectivity index (χ0) is 26.1. The molecule has 0 heterocycles. The highest BCUT2D eigenvalue weighted by Gasteiger charge is 2.31. The molecule has 0 radical (unpaired) electrons. The van der Waals surface area contributed by atoms with Crippen molar-refractivity contribution in [1.82, 2.24) is 10.2 Å². The van der Waals surface area contributed by atoms with Gasteiger partial charge in [-0.1, -0.05) is 87.7 Å². The van der Waals surface area contributed by atoms with Gasteiger partial charge in [-0.05, 0) is 54.8 Å². The molecule has 0 aliphatic rings. The first-order valence-electron chi connectivity index (χ1n) is 11.6. The second kappa shape index (κ2) is 14.1. The van der Waals surface area contributed by atoms with Gasteiger partial charge in [0.25, 0.3) is 0 Å². The lowest BCUT2D eigenvalue weighted by molar-refractivity contribution is -0.139. The summed E-state index contributed by atoms with van der Waals surface area (Å²) in [7, 11) is 0. The standard InChI is InChI=1S/C28H29BrCl2N2O2S/c1-19(2)32-28(35)26(14-20-6-4-3-5-7-20)33(16-22-10-13-24(30)15-25(22)31)27(34)18-36-17-21-8-11-23(29)12-9-21/h3-13,15,19,26H,14,16-18H2,1-2H3,(H,32,35). The summed E-state index contributed by atoms with van der Waals surface area (Å²) in [6.45, 7) is 4.03. The summed E-state index contributed by atoms with van der Waals surface area (Å²) in [6, 6.07) is 22.2. The van der Waals surface area contributed by atoms with Crippen molar-refractivity contribution in [2.24, 2.45) is 0 Å². The van der Waals surface area contributed by atoms with Crippen LogP contribution < -0.4 is 5.32 Å². The zero-order valence-electron chi connectivity index (χ0n) is 20.2. The SMILES string of the molecule is CC(C)NC(=O)C(Cc1ccccc1)N(Cc1ccc(Cl)cc1Cl)C(=O)CSCc1ccc(Br)cc1. The van der Waals surface area contributed by atoms with Crippen molar-refractivity contribution < 1.29 is 9.59 Å². The first kappa shape index (κ1) is 28.6. The number of rotatable bonds is 11. The molecule has 0 aliphatic carbocycles. The average molecular weight is 608 g/mol. The molecule has 0 spiro atoms. The minimum absolute atomic E-state index is 0.0568. The number of halogens is 3. The van der Waals surface area contributed by atoms with Gasteiger partial charge >= 0.3 is 0 Å². The van der Waals surface area contributed by atoms with Gasteiger partial charge in [0.05, 0.1) is 5.75 Å². The smallest absolute Gasteiger partial charge is 0.243 e. The van der Waals surface area contributed by atoms with Crippen LogP contribution in [0.1, 0.15) is 30.5 Å². The Bertz CT molecular complexity index is 1160. The Morgan fingerprint density at radius 2 is 1.67 bits per heavy atom. The summed E-state index contributed by atoms with van der Waals surface area (Å²) in [5.74, 6) is 0.616. The first-order chi connectivity index (χ1) is 17.2. The highest BCUT2D eigenvalue weighted by Crippen LogP contribution is 2.25. The molecule has 3 rings (SSSR count). The third-order valence-electron chi connectivity index (χ3n) is 5.47. The Labute approximate surface area is 235 Å². The summed E-state index contributed by atoms with van der Waals surface area (Å²) < 4.78 is 1.01. The van der Waals surface area contributed by atoms with E-state index >= 15 is 0 Å². The average Bonchev–Trinajstić information content (AvgIpc) is 2.84. The lowest BCUT2D eigenvalue weighted by Crippen LogP contribution is -2.52. The van der Waals surface area contributed by atoms with Crippen molar-refractivity contribution >= 4 is 62.7 Å². The molecule has 3 aromatic rings. The van der Waals surface area contributed by atoms with Crippen LogP contribution in [-0.4, -0.2) is 34.6 Å². The van der Waals surface area contributed by atoms with E-state index in [1.807, 2.05) is 68.4 Å². The number of amides is 2. The molecule has 0 bridgehead atoms. The molecule has 1 atom stereocenters. The largest absolute Gasteiger partial charge is 0.352 e. The molecule has 4 nitrogen and oxygen atoms in total. The topological polar surface area (TPSA) is 49.4 Å². The second-order valence-electron chi connectivity index (χ2n) is 8.75. The maximum atomic E-state index is 13.6. The van der Waals surface area contributed by atoms with Crippen LogP contribution in [0.3, 0.4) is 0 Å². The Morgan fingerprint density at radius 1 is 0.972 bits per heavy atom. The number of thioether (sulfide) groups is 1. The predicted octanol–water partition coefficient (Wildman–Crippen LogP) is 7.15. The monoisotopic (exact) mass is 606 g/mol. The number of carbonyl (C=O) groups excluding carboxylic acids is 2. The summed E-state index contributed by atoms with van der Waals surface area (Å²) >= 11 is 17.5. The highest BCUT2D eigenvalue weighted by molar-refractivity contribution is 9.10. The summed E-state index contributed by atoms with van der Waals surface area (Å²) in [5.41, 5.74) is 2.84. The van der Waals surface area contributed by atoms with Crippen LogP contribution >= 0.6 is 50.9 Å². The van der Waals surface area contributed by atoms with E-state index in [0.29, 0.717) is 22.2 Å². The minimum Gasteiger partial charge on any atom is -0.352 e. The van der Waals surface area contributed by atoms with E-state index in [0.717, 1.165) is 21.2 Å². The quantitative estimate of drug-likeness (QED) is 0.252. The molecular formula is C28H29BrCl2N2O2S. The van der Waals surface area contributed by atoms with Gasteiger partial charge in [-0.15, -0.1) is 11.8 Å². The fourth-order valence-corrected chi connectivity index (χ4v) is 5.29. The number of carbonyl (C=O) groups is 2. The van der Waals surface area contributed by atoms with Crippen LogP contribution in [0.25, 0.3) is 0 Å². The lowest BCUT2D eigenvalue weighted by Gasteiger charge is -2.32. The maximum Gasteiger partial charge on any atom is 0.243 e. The normalized spacial score (nSPS) is 11.8. The van der Waals surface area contributed by atoms with Crippen molar-refractivity contribution in [1.29, 1.82) is 0 Å². The molecule has 0 saturated carbocycles. The van der Waals surface area contributed by atoms with E-state index in [1.54, 1.807) is 23.1 Å². The first-order valence-corrected chi connectivity index (χ1v) is 14.3. The van der Waals surface area contributed by atoms with Crippen molar-refractivity contribution in [3.05, 3.63) is 104 Å². The maximum absolute atomic E-state index is 13.6. The Kier molecular flexibility index (Phi) is 11.2. The van der Waals surface area contributed by atoms with E-state index in [4.69, 9.17) is 23.2 Å². The molecule has 0 aliphatic heterocycles. The Morgan fingerprint density at radius 3 is 2.31 bits per heavy atom. The van der Waals surface area contributed by atoms with Gasteiger partial charge in [0.1, 0.15) is 6.04 Å². The molecule has 2 amide bonds. The van der Waals surface area contributed by atoms with E-state index in [2.05, 4.69) is 21.2 Å². The highest BCUT2D eigenvalue weighted by atomic mass is 79.9. The van der Waals surface area contributed by atoms with Gasteiger partial charge in [-0.3, -0.25) is 9.59 Å². The number of benzene rings is 3. The van der Waals surface area contributed by atoms with Crippen LogP contribution in [0.4, 0.5) is 0 Å². The Balaban J connectivity index is 1.87. The molecular weight excluding hydrogens is 579 g/mol. The van der Waals surface area contributed by atoms with E-state index in [-0.39, 0.29) is 30.2 Å². The van der Waals surface area contributed by atoms with Gasteiger partial charge < -0.3 is 10.2 Å². The van der Waals surface area contributed by atoms with Crippen LogP contribution in [0.15, 0.2) is 77.3 Å². The minimum atomic E-state index is -0.692. The fourth-order valence-electron chi connectivity index (χ4n) is 3.69.